The molecule has 2 aromatic carbocycles. The first-order chi connectivity index (χ1) is 11.2. The minimum Gasteiger partial charge on any atom is -0.497 e. The van der Waals surface area contributed by atoms with Gasteiger partial charge in [-0.1, -0.05) is 30.3 Å². The molecule has 4 nitrogen and oxygen atoms in total. The van der Waals surface area contributed by atoms with Crippen molar-refractivity contribution in [3.05, 3.63) is 58.9 Å². The predicted molar refractivity (Wildman–Crippen MR) is 92.4 cm³/mol. The third-order valence-electron chi connectivity index (χ3n) is 4.01. The van der Waals surface area contributed by atoms with Crippen LogP contribution in [0.3, 0.4) is 0 Å². The molecule has 3 aromatic rings. The van der Waals surface area contributed by atoms with Gasteiger partial charge in [-0.15, -0.1) is 0 Å². The van der Waals surface area contributed by atoms with E-state index in [1.54, 1.807) is 11.7 Å². The van der Waals surface area contributed by atoms with Crippen molar-refractivity contribution in [3.8, 4) is 22.6 Å². The zero-order chi connectivity index (χ0) is 16.4. The summed E-state index contributed by atoms with van der Waals surface area (Å²) in [5.41, 5.74) is 2.50. The van der Waals surface area contributed by atoms with Gasteiger partial charge in [-0.2, -0.15) is 0 Å². The highest BCUT2D eigenvalue weighted by Gasteiger charge is 2.18. The highest BCUT2D eigenvalue weighted by molar-refractivity contribution is 5.98. The summed E-state index contributed by atoms with van der Waals surface area (Å²) in [4.78, 5) is 12.8. The van der Waals surface area contributed by atoms with Crippen molar-refractivity contribution in [1.82, 2.24) is 4.57 Å². The van der Waals surface area contributed by atoms with Gasteiger partial charge in [-0.25, -0.2) is 0 Å². The molecule has 0 N–H and O–H groups in total. The molecule has 0 radical (unpaired) electrons. The van der Waals surface area contributed by atoms with Gasteiger partial charge in [0.25, 0.3) is 5.56 Å². The zero-order valence-electron chi connectivity index (χ0n) is 13.5. The molecule has 0 fully saturated rings. The molecule has 3 rings (SSSR count). The van der Waals surface area contributed by atoms with E-state index in [-0.39, 0.29) is 5.56 Å². The number of hydrogen-bond acceptors (Lipinski definition) is 3. The lowest BCUT2D eigenvalue weighted by Crippen LogP contribution is -2.22. The first kappa shape index (κ1) is 15.2. The van der Waals surface area contributed by atoms with Crippen LogP contribution < -0.4 is 15.0 Å². The maximum atomic E-state index is 12.8. The molecular weight excluding hydrogens is 290 g/mol. The summed E-state index contributed by atoms with van der Waals surface area (Å²) in [6.45, 7) is 2.53. The number of pyridine rings is 1. The van der Waals surface area contributed by atoms with Crippen molar-refractivity contribution in [1.29, 1.82) is 0 Å². The van der Waals surface area contributed by atoms with Crippen LogP contribution in [0.2, 0.25) is 0 Å². The summed E-state index contributed by atoms with van der Waals surface area (Å²) in [6, 6.07) is 15.6. The molecule has 0 aliphatic heterocycles. The van der Waals surface area contributed by atoms with Crippen LogP contribution in [0.5, 0.6) is 11.5 Å². The summed E-state index contributed by atoms with van der Waals surface area (Å²) in [5, 5.41) is 0.939. The highest BCUT2D eigenvalue weighted by Crippen LogP contribution is 2.36. The van der Waals surface area contributed by atoms with Crippen molar-refractivity contribution in [2.45, 2.75) is 13.5 Å². The van der Waals surface area contributed by atoms with Crippen molar-refractivity contribution in [2.24, 2.45) is 0 Å². The normalized spacial score (nSPS) is 10.7. The van der Waals surface area contributed by atoms with E-state index in [1.807, 2.05) is 55.5 Å². The predicted octanol–water partition coefficient (Wildman–Crippen LogP) is 3.71. The van der Waals surface area contributed by atoms with Crippen LogP contribution in [-0.4, -0.2) is 18.8 Å². The maximum Gasteiger partial charge on any atom is 0.294 e. The van der Waals surface area contributed by atoms with E-state index in [9.17, 15) is 4.79 Å². The SMILES string of the molecule is CCn1c(=O)c(OC)c(-c2ccccc2)c2cc(OC)ccc21. The van der Waals surface area contributed by atoms with E-state index in [1.165, 1.54) is 7.11 Å². The fourth-order valence-corrected chi connectivity index (χ4v) is 2.93. The lowest BCUT2D eigenvalue weighted by atomic mass is 9.99. The molecule has 0 aliphatic rings. The number of ether oxygens (including phenoxy) is 2. The minimum absolute atomic E-state index is 0.119. The van der Waals surface area contributed by atoms with Gasteiger partial charge in [0, 0.05) is 17.5 Å². The number of nitrogens with zero attached hydrogens (tertiary/aromatic N) is 1. The third kappa shape index (κ3) is 2.46. The van der Waals surface area contributed by atoms with Gasteiger partial charge in [-0.3, -0.25) is 4.79 Å². The molecule has 0 saturated heterocycles. The van der Waals surface area contributed by atoms with Gasteiger partial charge in [0.05, 0.1) is 19.7 Å². The van der Waals surface area contributed by atoms with Gasteiger partial charge in [0.15, 0.2) is 5.75 Å². The van der Waals surface area contributed by atoms with Gasteiger partial charge in [0.1, 0.15) is 5.75 Å². The van der Waals surface area contributed by atoms with Gasteiger partial charge in [0.2, 0.25) is 0 Å². The first-order valence-electron chi connectivity index (χ1n) is 7.55. The first-order valence-corrected chi connectivity index (χ1v) is 7.55. The van der Waals surface area contributed by atoms with E-state index in [2.05, 4.69) is 0 Å². The highest BCUT2D eigenvalue weighted by atomic mass is 16.5. The molecule has 0 bridgehead atoms. The Balaban J connectivity index is 2.51. The van der Waals surface area contributed by atoms with E-state index >= 15 is 0 Å². The van der Waals surface area contributed by atoms with Crippen LogP contribution in [-0.2, 0) is 6.54 Å². The topological polar surface area (TPSA) is 40.5 Å². The van der Waals surface area contributed by atoms with E-state index in [0.717, 1.165) is 27.8 Å². The molecular formula is C19H19NO3. The number of methoxy groups -OCH3 is 2. The Bertz CT molecular complexity index is 898. The van der Waals surface area contributed by atoms with E-state index in [0.29, 0.717) is 12.3 Å². The number of aryl methyl sites for hydroxylation is 1. The van der Waals surface area contributed by atoms with Crippen LogP contribution in [0.1, 0.15) is 6.92 Å². The van der Waals surface area contributed by atoms with Crippen LogP contribution in [0.25, 0.3) is 22.0 Å². The molecule has 0 atom stereocenters. The number of hydrogen-bond donors (Lipinski definition) is 0. The standard InChI is InChI=1S/C19H19NO3/c1-4-20-16-11-10-14(22-2)12-15(16)17(18(23-3)19(20)21)13-8-6-5-7-9-13/h5-12H,4H2,1-3H3. The lowest BCUT2D eigenvalue weighted by molar-refractivity contribution is 0.406. The second-order valence-corrected chi connectivity index (χ2v) is 5.21. The molecule has 1 heterocycles. The molecule has 4 heteroatoms. The summed E-state index contributed by atoms with van der Waals surface area (Å²) >= 11 is 0. The summed E-state index contributed by atoms with van der Waals surface area (Å²) in [5.74, 6) is 1.11. The second-order valence-electron chi connectivity index (χ2n) is 5.21. The van der Waals surface area contributed by atoms with Crippen LogP contribution in [0.4, 0.5) is 0 Å². The molecule has 0 amide bonds. The van der Waals surface area contributed by atoms with Crippen molar-refractivity contribution >= 4 is 10.9 Å². The molecule has 23 heavy (non-hydrogen) atoms. The zero-order valence-corrected chi connectivity index (χ0v) is 13.5. The molecule has 0 saturated carbocycles. The third-order valence-corrected chi connectivity index (χ3v) is 4.01. The minimum atomic E-state index is -0.119. The Labute approximate surface area is 134 Å². The fourth-order valence-electron chi connectivity index (χ4n) is 2.93. The Morgan fingerprint density at radius 1 is 1.00 bits per heavy atom. The fraction of sp³-hybridized carbons (Fsp3) is 0.211. The molecule has 118 valence electrons. The lowest BCUT2D eigenvalue weighted by Gasteiger charge is -2.17. The van der Waals surface area contributed by atoms with Gasteiger partial charge >= 0.3 is 0 Å². The van der Waals surface area contributed by atoms with Crippen LogP contribution in [0.15, 0.2) is 53.3 Å². The van der Waals surface area contributed by atoms with Crippen molar-refractivity contribution in [2.75, 3.05) is 14.2 Å². The maximum absolute atomic E-state index is 12.8. The van der Waals surface area contributed by atoms with Gasteiger partial charge < -0.3 is 14.0 Å². The Morgan fingerprint density at radius 3 is 2.35 bits per heavy atom. The summed E-state index contributed by atoms with van der Waals surface area (Å²) in [7, 11) is 3.17. The van der Waals surface area contributed by atoms with E-state index < -0.39 is 0 Å². The Hall–Kier alpha value is -2.75. The molecule has 0 spiro atoms. The van der Waals surface area contributed by atoms with Crippen molar-refractivity contribution in [3.63, 3.8) is 0 Å². The molecule has 0 aliphatic carbocycles. The van der Waals surface area contributed by atoms with Crippen LogP contribution >= 0.6 is 0 Å². The Morgan fingerprint density at radius 2 is 1.74 bits per heavy atom. The van der Waals surface area contributed by atoms with Gasteiger partial charge in [-0.05, 0) is 30.7 Å². The summed E-state index contributed by atoms with van der Waals surface area (Å²) < 4.78 is 12.6. The second kappa shape index (κ2) is 6.16. The average molecular weight is 309 g/mol. The smallest absolute Gasteiger partial charge is 0.294 e. The quantitative estimate of drug-likeness (QED) is 0.737. The number of benzene rings is 2. The molecule has 0 unspecified atom stereocenters. The molecule has 1 aromatic heterocycles. The number of rotatable bonds is 4. The summed E-state index contributed by atoms with van der Waals surface area (Å²) in [6.07, 6.45) is 0. The number of fused-ring (bicyclic) bond motifs is 1. The monoisotopic (exact) mass is 309 g/mol. The Kier molecular flexibility index (Phi) is 4.06. The van der Waals surface area contributed by atoms with Crippen molar-refractivity contribution < 1.29 is 9.47 Å². The number of aromatic nitrogens is 1. The van der Waals surface area contributed by atoms with Crippen LogP contribution in [0, 0.1) is 0 Å². The largest absolute Gasteiger partial charge is 0.497 e. The average Bonchev–Trinajstić information content (AvgIpc) is 2.61. The van der Waals surface area contributed by atoms with E-state index in [4.69, 9.17) is 9.47 Å².